The largest absolute Gasteiger partial charge is 0.457 e. The van der Waals surface area contributed by atoms with E-state index in [2.05, 4.69) is 220 Å². The number of nitrogens with zero attached hydrogens (tertiary/aromatic N) is 3. The zero-order valence-corrected chi connectivity index (χ0v) is 37.1. The Morgan fingerprint density at radius 2 is 0.836 bits per heavy atom. The number of aromatic nitrogens is 3. The van der Waals surface area contributed by atoms with Crippen molar-refractivity contribution >= 4 is 12.2 Å². The molecule has 0 radical (unpaired) electrons. The van der Waals surface area contributed by atoms with Crippen LogP contribution in [0.2, 0.25) is 0 Å². The van der Waals surface area contributed by atoms with Crippen LogP contribution in [0.25, 0.3) is 79.7 Å². The zero-order valence-electron chi connectivity index (χ0n) is 37.1. The average molecular weight is 858 g/mol. The molecule has 1 atom stereocenters. The Morgan fingerprint density at radius 1 is 0.313 bits per heavy atom. The van der Waals surface area contributed by atoms with Crippen molar-refractivity contribution in [1.29, 1.82) is 0 Å². The van der Waals surface area contributed by atoms with Gasteiger partial charge in [0.15, 0.2) is 17.5 Å². The lowest BCUT2D eigenvalue weighted by atomic mass is 9.61. The third-order valence-electron chi connectivity index (χ3n) is 14.2. The Balaban J connectivity index is 1.08. The van der Waals surface area contributed by atoms with Crippen molar-refractivity contribution in [3.05, 3.63) is 257 Å². The molecule has 13 rings (SSSR count). The molecule has 1 unspecified atom stereocenters. The van der Waals surface area contributed by atoms with Gasteiger partial charge in [0.05, 0.1) is 5.41 Å². The summed E-state index contributed by atoms with van der Waals surface area (Å²) in [6.07, 6.45) is 4.54. The lowest BCUT2D eigenvalue weighted by Crippen LogP contribution is -2.35. The predicted octanol–water partition coefficient (Wildman–Crippen LogP) is 15.5. The van der Waals surface area contributed by atoms with E-state index in [1.807, 2.05) is 18.2 Å². The first-order valence-electron chi connectivity index (χ1n) is 23.0. The zero-order chi connectivity index (χ0) is 44.7. The monoisotopic (exact) mass is 857 g/mol. The van der Waals surface area contributed by atoms with Gasteiger partial charge in [-0.3, -0.25) is 0 Å². The van der Waals surface area contributed by atoms with E-state index in [1.165, 1.54) is 27.8 Å². The minimum absolute atomic E-state index is 0.197. The maximum Gasteiger partial charge on any atom is 0.164 e. The number of para-hydroxylation sites is 1. The summed E-state index contributed by atoms with van der Waals surface area (Å²) in [5.41, 5.74) is 18.1. The van der Waals surface area contributed by atoms with E-state index in [-0.39, 0.29) is 5.41 Å². The van der Waals surface area contributed by atoms with Crippen LogP contribution in [0, 0.1) is 0 Å². The topological polar surface area (TPSA) is 47.9 Å². The molecule has 1 aliphatic heterocycles. The number of ether oxygens (including phenoxy) is 1. The van der Waals surface area contributed by atoms with Crippen molar-refractivity contribution in [3.63, 3.8) is 0 Å². The van der Waals surface area contributed by atoms with Gasteiger partial charge in [-0.2, -0.15) is 0 Å². The van der Waals surface area contributed by atoms with E-state index in [9.17, 15) is 0 Å². The molecule has 316 valence electrons. The van der Waals surface area contributed by atoms with Crippen LogP contribution < -0.4 is 4.74 Å². The van der Waals surface area contributed by atoms with Crippen molar-refractivity contribution in [1.82, 2.24) is 15.0 Å². The van der Waals surface area contributed by atoms with Gasteiger partial charge in [-0.1, -0.05) is 196 Å². The number of hydrogen-bond donors (Lipinski definition) is 0. The summed E-state index contributed by atoms with van der Waals surface area (Å²) in [7, 11) is 0. The molecule has 0 saturated heterocycles. The molecular formula is C63H43N3O. The van der Waals surface area contributed by atoms with Crippen molar-refractivity contribution in [3.8, 4) is 79.0 Å². The van der Waals surface area contributed by atoms with E-state index in [0.717, 1.165) is 78.3 Å². The predicted molar refractivity (Wildman–Crippen MR) is 272 cm³/mol. The van der Waals surface area contributed by atoms with Crippen LogP contribution in [0.15, 0.2) is 212 Å². The summed E-state index contributed by atoms with van der Waals surface area (Å²) in [5.74, 6) is 3.53. The molecule has 0 fully saturated rings. The fraction of sp³-hybridized carbons (Fsp3) is 0.0635. The van der Waals surface area contributed by atoms with Gasteiger partial charge in [-0.25, -0.2) is 15.0 Å². The molecular weight excluding hydrogens is 815 g/mol. The molecule has 1 spiro atoms. The lowest BCUT2D eigenvalue weighted by molar-refractivity contribution is 0.433. The SMILES string of the molecule is CC1(C)c2ccccc2-c2cc3c(cc21)Oc1ccccc1C31c2ccccc2C=Cc2ccc(-c3nc(-c4ccccc4)nc(-c4cc(-c5ccccc5)cc(-c5ccccc5)c4)n3)cc21. The minimum Gasteiger partial charge on any atom is -0.457 e. The van der Waals surface area contributed by atoms with Crippen molar-refractivity contribution in [2.45, 2.75) is 24.7 Å². The molecule has 0 N–H and O–H groups in total. The Bertz CT molecular complexity index is 3580. The third kappa shape index (κ3) is 6.10. The first kappa shape index (κ1) is 38.9. The number of fused-ring (bicyclic) bond motifs is 11. The smallest absolute Gasteiger partial charge is 0.164 e. The summed E-state index contributed by atoms with van der Waals surface area (Å²) in [5, 5.41) is 0. The summed E-state index contributed by atoms with van der Waals surface area (Å²) in [6, 6.07) is 75.8. The normalized spacial score (nSPS) is 15.6. The molecule has 0 saturated carbocycles. The van der Waals surface area contributed by atoms with Gasteiger partial charge in [-0.05, 0) is 109 Å². The highest BCUT2D eigenvalue weighted by molar-refractivity contribution is 5.89. The number of rotatable bonds is 5. The highest BCUT2D eigenvalue weighted by atomic mass is 16.5. The fourth-order valence-electron chi connectivity index (χ4n) is 11.0. The standard InChI is InChI=1S/C63H43N3O/c1-62(2)52-27-15-13-25-49(52)50-38-56-58(39-55(50)62)67-57-29-17-16-28-53(57)63(56)51-26-14-12-22-42(51)30-31-43-32-33-45(37-54(43)63)60-64-59(44-23-10-5-11-24-44)65-61(66-60)48-35-46(40-18-6-3-7-19-40)34-47(36-48)41-20-8-4-9-21-41/h3-39H,1-2H3. The molecule has 4 heteroatoms. The van der Waals surface area contributed by atoms with Gasteiger partial charge in [0.25, 0.3) is 0 Å². The molecule has 4 nitrogen and oxygen atoms in total. The molecule has 9 aromatic carbocycles. The maximum atomic E-state index is 7.07. The van der Waals surface area contributed by atoms with Gasteiger partial charge < -0.3 is 4.74 Å². The Kier molecular flexibility index (Phi) is 8.75. The second kappa shape index (κ2) is 15.0. The second-order valence-electron chi connectivity index (χ2n) is 18.3. The Labute approximate surface area is 390 Å². The number of benzene rings is 9. The van der Waals surface area contributed by atoms with E-state index in [1.54, 1.807) is 0 Å². The molecule has 1 aromatic heterocycles. The molecule has 67 heavy (non-hydrogen) atoms. The fourth-order valence-corrected chi connectivity index (χ4v) is 11.0. The van der Waals surface area contributed by atoms with Gasteiger partial charge in [0, 0.05) is 33.2 Å². The van der Waals surface area contributed by atoms with E-state index in [4.69, 9.17) is 19.7 Å². The van der Waals surface area contributed by atoms with Gasteiger partial charge in [0.1, 0.15) is 11.5 Å². The first-order chi connectivity index (χ1) is 32.9. The van der Waals surface area contributed by atoms with Crippen LogP contribution in [0.1, 0.15) is 58.4 Å². The molecule has 2 aliphatic carbocycles. The quantitative estimate of drug-likeness (QED) is 0.173. The van der Waals surface area contributed by atoms with Crippen LogP contribution in [-0.4, -0.2) is 15.0 Å². The van der Waals surface area contributed by atoms with Crippen molar-refractivity contribution in [2.75, 3.05) is 0 Å². The summed E-state index contributed by atoms with van der Waals surface area (Å²) in [4.78, 5) is 16.0. The minimum atomic E-state index is -0.779. The molecule has 3 aliphatic rings. The van der Waals surface area contributed by atoms with Gasteiger partial charge in [0.2, 0.25) is 0 Å². The van der Waals surface area contributed by atoms with Gasteiger partial charge in [-0.15, -0.1) is 0 Å². The second-order valence-corrected chi connectivity index (χ2v) is 18.3. The van der Waals surface area contributed by atoms with E-state index < -0.39 is 5.41 Å². The van der Waals surface area contributed by atoms with Crippen LogP contribution in [0.5, 0.6) is 11.5 Å². The van der Waals surface area contributed by atoms with Crippen LogP contribution in [0.3, 0.4) is 0 Å². The summed E-state index contributed by atoms with van der Waals surface area (Å²) >= 11 is 0. The molecule has 10 aromatic rings. The molecule has 0 amide bonds. The maximum absolute atomic E-state index is 7.07. The first-order valence-corrected chi connectivity index (χ1v) is 23.0. The average Bonchev–Trinajstić information content (AvgIpc) is 3.51. The highest BCUT2D eigenvalue weighted by Gasteiger charge is 2.49. The van der Waals surface area contributed by atoms with Crippen molar-refractivity contribution < 1.29 is 4.74 Å². The third-order valence-corrected chi connectivity index (χ3v) is 14.2. The van der Waals surface area contributed by atoms with E-state index in [0.29, 0.717) is 17.5 Å². The van der Waals surface area contributed by atoms with Gasteiger partial charge >= 0.3 is 0 Å². The van der Waals surface area contributed by atoms with Crippen LogP contribution in [0.4, 0.5) is 0 Å². The summed E-state index contributed by atoms with van der Waals surface area (Å²) < 4.78 is 7.07. The van der Waals surface area contributed by atoms with E-state index >= 15 is 0 Å². The Morgan fingerprint density at radius 3 is 1.52 bits per heavy atom. The highest BCUT2D eigenvalue weighted by Crippen LogP contribution is 2.61. The Hall–Kier alpha value is -8.47. The van der Waals surface area contributed by atoms with Crippen molar-refractivity contribution in [2.24, 2.45) is 0 Å². The van der Waals surface area contributed by atoms with Crippen LogP contribution >= 0.6 is 0 Å². The molecule has 0 bridgehead atoms. The number of hydrogen-bond acceptors (Lipinski definition) is 4. The summed E-state index contributed by atoms with van der Waals surface area (Å²) in [6.45, 7) is 4.66. The molecule has 2 heterocycles. The van der Waals surface area contributed by atoms with Crippen LogP contribution in [-0.2, 0) is 10.8 Å². The lowest BCUT2D eigenvalue weighted by Gasteiger charge is -2.43.